The van der Waals surface area contributed by atoms with Gasteiger partial charge in [0.15, 0.2) is 0 Å². The van der Waals surface area contributed by atoms with Crippen molar-refractivity contribution in [1.29, 1.82) is 0 Å². The Morgan fingerprint density at radius 3 is 2.86 bits per heavy atom. The summed E-state index contributed by atoms with van der Waals surface area (Å²) in [6, 6.07) is 0. The molecule has 120 valence electrons. The van der Waals surface area contributed by atoms with E-state index in [1.54, 1.807) is 0 Å². The second kappa shape index (κ2) is 6.92. The molecule has 0 aliphatic carbocycles. The molecule has 0 unspecified atom stereocenters. The lowest BCUT2D eigenvalue weighted by atomic mass is 9.94. The van der Waals surface area contributed by atoms with E-state index in [0.29, 0.717) is 5.92 Å². The first kappa shape index (κ1) is 16.5. The van der Waals surface area contributed by atoms with E-state index in [1.165, 1.54) is 19.1 Å². The highest BCUT2D eigenvalue weighted by Gasteiger charge is 2.23. The minimum atomic E-state index is -2.87. The zero-order valence-corrected chi connectivity index (χ0v) is 14.1. The molecule has 0 aromatic carbocycles. The quantitative estimate of drug-likeness (QED) is 0.795. The number of aromatic nitrogens is 2. The summed E-state index contributed by atoms with van der Waals surface area (Å²) in [6.07, 6.45) is 8.61. The SMILES string of the molecule is C[C@@H](CN1CCC[C@H](Cc2nccn2C)C1)CS(C)(=O)=O. The van der Waals surface area contributed by atoms with E-state index in [1.807, 2.05) is 26.4 Å². The molecule has 1 fully saturated rings. The zero-order chi connectivity index (χ0) is 15.5. The smallest absolute Gasteiger partial charge is 0.147 e. The minimum Gasteiger partial charge on any atom is -0.338 e. The Bertz CT molecular complexity index is 553. The number of sulfone groups is 1. The van der Waals surface area contributed by atoms with Gasteiger partial charge in [0.2, 0.25) is 0 Å². The van der Waals surface area contributed by atoms with E-state index in [4.69, 9.17) is 0 Å². The molecular weight excluding hydrogens is 286 g/mol. The summed E-state index contributed by atoms with van der Waals surface area (Å²) < 4.78 is 24.8. The number of nitrogens with zero attached hydrogens (tertiary/aromatic N) is 3. The van der Waals surface area contributed by atoms with Gasteiger partial charge >= 0.3 is 0 Å². The van der Waals surface area contributed by atoms with Crippen molar-refractivity contribution in [3.63, 3.8) is 0 Å². The van der Waals surface area contributed by atoms with E-state index >= 15 is 0 Å². The standard InChI is InChI=1S/C15H27N3O2S/c1-13(12-21(3,19)20)10-18-7-4-5-14(11-18)9-15-16-6-8-17(15)2/h6,8,13-14H,4-5,7,9-12H2,1-3H3/t13-,14+/m0/s1. The molecule has 0 spiro atoms. The van der Waals surface area contributed by atoms with Gasteiger partial charge in [0.05, 0.1) is 5.75 Å². The first-order valence-corrected chi connectivity index (χ1v) is 9.76. The molecule has 2 atom stereocenters. The highest BCUT2D eigenvalue weighted by atomic mass is 32.2. The van der Waals surface area contributed by atoms with Crippen LogP contribution in [0.3, 0.4) is 0 Å². The molecule has 2 heterocycles. The predicted molar refractivity (Wildman–Crippen MR) is 85.0 cm³/mol. The fourth-order valence-electron chi connectivity index (χ4n) is 3.35. The van der Waals surface area contributed by atoms with Gasteiger partial charge in [-0.15, -0.1) is 0 Å². The van der Waals surface area contributed by atoms with Crippen LogP contribution in [0.25, 0.3) is 0 Å². The Hall–Kier alpha value is -0.880. The third kappa shape index (κ3) is 5.43. The van der Waals surface area contributed by atoms with Gasteiger partial charge in [-0.05, 0) is 31.2 Å². The monoisotopic (exact) mass is 313 g/mol. The normalized spacial score (nSPS) is 22.3. The van der Waals surface area contributed by atoms with E-state index in [2.05, 4.69) is 14.5 Å². The summed E-state index contributed by atoms with van der Waals surface area (Å²) in [5, 5.41) is 0. The summed E-state index contributed by atoms with van der Waals surface area (Å²) >= 11 is 0. The van der Waals surface area contributed by atoms with E-state index in [0.717, 1.165) is 31.9 Å². The van der Waals surface area contributed by atoms with Crippen LogP contribution in [0.1, 0.15) is 25.6 Å². The molecule has 0 amide bonds. The Morgan fingerprint density at radius 1 is 1.48 bits per heavy atom. The van der Waals surface area contributed by atoms with Gasteiger partial charge in [-0.2, -0.15) is 0 Å². The minimum absolute atomic E-state index is 0.201. The van der Waals surface area contributed by atoms with Crippen LogP contribution in [-0.2, 0) is 23.3 Å². The zero-order valence-electron chi connectivity index (χ0n) is 13.3. The molecule has 21 heavy (non-hydrogen) atoms. The molecule has 0 bridgehead atoms. The molecule has 5 nitrogen and oxygen atoms in total. The summed E-state index contributed by atoms with van der Waals surface area (Å²) in [7, 11) is -0.835. The first-order valence-electron chi connectivity index (χ1n) is 7.70. The van der Waals surface area contributed by atoms with E-state index in [9.17, 15) is 8.42 Å². The lowest BCUT2D eigenvalue weighted by molar-refractivity contribution is 0.157. The summed E-state index contributed by atoms with van der Waals surface area (Å²) in [4.78, 5) is 6.83. The third-order valence-corrected chi connectivity index (χ3v) is 5.33. The number of hydrogen-bond acceptors (Lipinski definition) is 4. The molecular formula is C15H27N3O2S. The molecule has 6 heteroatoms. The summed E-state index contributed by atoms with van der Waals surface area (Å²) in [6.45, 7) is 5.06. The van der Waals surface area contributed by atoms with Crippen molar-refractivity contribution in [2.24, 2.45) is 18.9 Å². The van der Waals surface area contributed by atoms with Gasteiger partial charge in [-0.25, -0.2) is 13.4 Å². The Kier molecular flexibility index (Phi) is 5.43. The highest BCUT2D eigenvalue weighted by molar-refractivity contribution is 7.90. The maximum Gasteiger partial charge on any atom is 0.147 e. The predicted octanol–water partition coefficient (Wildman–Crippen LogP) is 1.36. The van der Waals surface area contributed by atoms with E-state index in [-0.39, 0.29) is 11.7 Å². The van der Waals surface area contributed by atoms with Crippen molar-refractivity contribution in [2.75, 3.05) is 31.6 Å². The van der Waals surface area contributed by atoms with Crippen molar-refractivity contribution in [1.82, 2.24) is 14.5 Å². The molecule has 0 radical (unpaired) electrons. The van der Waals surface area contributed by atoms with Gasteiger partial charge in [0.25, 0.3) is 0 Å². The van der Waals surface area contributed by atoms with Crippen LogP contribution in [0.5, 0.6) is 0 Å². The third-order valence-electron chi connectivity index (χ3n) is 4.15. The molecule has 1 saturated heterocycles. The average molecular weight is 313 g/mol. The summed E-state index contributed by atoms with van der Waals surface area (Å²) in [5.74, 6) is 2.26. The summed E-state index contributed by atoms with van der Waals surface area (Å²) in [5.41, 5.74) is 0. The number of rotatable bonds is 6. The Morgan fingerprint density at radius 2 is 2.24 bits per heavy atom. The largest absolute Gasteiger partial charge is 0.338 e. The van der Waals surface area contributed by atoms with Crippen molar-refractivity contribution in [3.8, 4) is 0 Å². The van der Waals surface area contributed by atoms with Gasteiger partial charge in [0.1, 0.15) is 15.7 Å². The lowest BCUT2D eigenvalue weighted by Crippen LogP contribution is -2.40. The van der Waals surface area contributed by atoms with Crippen molar-refractivity contribution < 1.29 is 8.42 Å². The number of piperidine rings is 1. The van der Waals surface area contributed by atoms with Gasteiger partial charge in [0, 0.05) is 45.2 Å². The van der Waals surface area contributed by atoms with E-state index < -0.39 is 9.84 Å². The highest BCUT2D eigenvalue weighted by Crippen LogP contribution is 2.21. The average Bonchev–Trinajstić information content (AvgIpc) is 2.73. The first-order chi connectivity index (χ1) is 9.83. The van der Waals surface area contributed by atoms with Crippen LogP contribution in [-0.4, -0.2) is 54.5 Å². The van der Waals surface area contributed by atoms with Crippen LogP contribution in [0, 0.1) is 11.8 Å². The fourth-order valence-corrected chi connectivity index (χ4v) is 4.48. The molecule has 0 saturated carbocycles. The second-order valence-corrected chi connectivity index (χ2v) is 8.81. The maximum absolute atomic E-state index is 11.4. The number of imidazole rings is 1. The van der Waals surface area contributed by atoms with Crippen molar-refractivity contribution >= 4 is 9.84 Å². The van der Waals surface area contributed by atoms with Gasteiger partial charge < -0.3 is 9.47 Å². The maximum atomic E-state index is 11.4. The molecule has 1 aromatic rings. The Balaban J connectivity index is 1.84. The topological polar surface area (TPSA) is 55.2 Å². The number of aryl methyl sites for hydroxylation is 1. The van der Waals surface area contributed by atoms with Crippen LogP contribution >= 0.6 is 0 Å². The number of hydrogen-bond donors (Lipinski definition) is 0. The Labute approximate surface area is 128 Å². The molecule has 1 aromatic heterocycles. The molecule has 1 aliphatic heterocycles. The lowest BCUT2D eigenvalue weighted by Gasteiger charge is -2.34. The number of likely N-dealkylation sites (tertiary alicyclic amines) is 1. The van der Waals surface area contributed by atoms with Crippen LogP contribution in [0.15, 0.2) is 12.4 Å². The fraction of sp³-hybridized carbons (Fsp3) is 0.800. The van der Waals surface area contributed by atoms with Gasteiger partial charge in [-0.1, -0.05) is 6.92 Å². The van der Waals surface area contributed by atoms with Crippen LogP contribution < -0.4 is 0 Å². The molecule has 1 aliphatic rings. The van der Waals surface area contributed by atoms with Gasteiger partial charge in [-0.3, -0.25) is 0 Å². The van der Waals surface area contributed by atoms with Crippen molar-refractivity contribution in [2.45, 2.75) is 26.2 Å². The molecule has 2 rings (SSSR count). The molecule has 0 N–H and O–H groups in total. The van der Waals surface area contributed by atoms with Crippen molar-refractivity contribution in [3.05, 3.63) is 18.2 Å². The van der Waals surface area contributed by atoms with Crippen LogP contribution in [0.2, 0.25) is 0 Å². The van der Waals surface area contributed by atoms with Crippen LogP contribution in [0.4, 0.5) is 0 Å². The second-order valence-electron chi connectivity index (χ2n) is 6.62.